The molecule has 0 spiro atoms. The fourth-order valence-corrected chi connectivity index (χ4v) is 6.27. The van der Waals surface area contributed by atoms with Gasteiger partial charge in [0.2, 0.25) is 5.91 Å². The van der Waals surface area contributed by atoms with Gasteiger partial charge in [0, 0.05) is 41.9 Å². The Morgan fingerprint density at radius 1 is 1.00 bits per heavy atom. The Kier molecular flexibility index (Phi) is 8.03. The van der Waals surface area contributed by atoms with Gasteiger partial charge in [-0.15, -0.1) is 0 Å². The number of hydrogen-bond acceptors (Lipinski definition) is 3. The lowest BCUT2D eigenvalue weighted by molar-refractivity contribution is -0.116. The number of pyridine rings is 1. The van der Waals surface area contributed by atoms with Gasteiger partial charge in [0.05, 0.1) is 17.8 Å². The molecule has 0 bridgehead atoms. The summed E-state index contributed by atoms with van der Waals surface area (Å²) >= 11 is 5.87. The van der Waals surface area contributed by atoms with Crippen LogP contribution >= 0.6 is 12.2 Å². The molecule has 2 N–H and O–H groups in total. The van der Waals surface area contributed by atoms with Crippen molar-refractivity contribution in [3.63, 3.8) is 0 Å². The molecule has 5 rings (SSSR count). The van der Waals surface area contributed by atoms with Gasteiger partial charge in [-0.2, -0.15) is 0 Å². The largest absolute Gasteiger partial charge is 0.352 e. The van der Waals surface area contributed by atoms with Crippen LogP contribution < -0.4 is 10.6 Å². The van der Waals surface area contributed by atoms with E-state index in [9.17, 15) is 4.79 Å². The topological polar surface area (TPSA) is 62.2 Å². The number of thiocarbonyl (C=S) groups is 1. The lowest BCUT2D eigenvalue weighted by Gasteiger charge is -2.28. The summed E-state index contributed by atoms with van der Waals surface area (Å²) in [6.07, 6.45) is 3.00. The summed E-state index contributed by atoms with van der Waals surface area (Å²) in [5.74, 6) is -0.0237. The number of para-hydroxylation sites is 1. The minimum Gasteiger partial charge on any atom is -0.352 e. The lowest BCUT2D eigenvalue weighted by atomic mass is 9.96. The quantitative estimate of drug-likeness (QED) is 0.240. The number of benzene rings is 2. The van der Waals surface area contributed by atoms with Crippen LogP contribution in [0.4, 0.5) is 5.69 Å². The van der Waals surface area contributed by atoms with Gasteiger partial charge in [0.15, 0.2) is 5.11 Å². The number of nitrogens with one attached hydrogen (secondary N) is 2. The van der Waals surface area contributed by atoms with E-state index >= 15 is 0 Å². The van der Waals surface area contributed by atoms with Crippen LogP contribution in [-0.4, -0.2) is 32.0 Å². The average molecular weight is 552 g/mol. The maximum Gasteiger partial charge on any atom is 0.226 e. The molecule has 0 unspecified atom stereocenters. The number of hydrogen-bond donors (Lipinski definition) is 2. The first kappa shape index (κ1) is 27.6. The SMILES string of the molecule is CCc1ccccc1NC(=O)CCN1C(=S)N[C@@H](c2ccccn2)[C@H]1c1cc(C)n(-c2cc(C)cc(C)c2)c1C. The van der Waals surface area contributed by atoms with E-state index in [4.69, 9.17) is 12.2 Å². The number of anilines is 1. The van der Waals surface area contributed by atoms with Crippen molar-refractivity contribution in [2.45, 2.75) is 59.5 Å². The molecule has 2 atom stereocenters. The highest BCUT2D eigenvalue weighted by molar-refractivity contribution is 7.80. The summed E-state index contributed by atoms with van der Waals surface area (Å²) in [5, 5.41) is 7.27. The molecule has 2 aromatic heterocycles. The standard InChI is InChI=1S/C33H37N5OS/c1-6-25-11-7-8-12-28(25)35-30(39)14-16-37-32(31(36-33(37)40)29-13-9-10-15-34-29)27-20-23(4)38(24(27)5)26-18-21(2)17-22(3)19-26/h7-13,15,17-20,31-32H,6,14,16H2,1-5H3,(H,35,39)(H,36,40)/t31-,32+/m0/s1. The molecule has 0 aliphatic carbocycles. The van der Waals surface area contributed by atoms with Gasteiger partial charge < -0.3 is 20.1 Å². The Hall–Kier alpha value is -3.97. The van der Waals surface area contributed by atoms with E-state index in [1.165, 1.54) is 16.7 Å². The Balaban J connectivity index is 1.48. The number of aryl methyl sites for hydroxylation is 4. The normalized spacial score (nSPS) is 16.7. The summed E-state index contributed by atoms with van der Waals surface area (Å²) in [4.78, 5) is 19.9. The molecule has 6 nitrogen and oxygen atoms in total. The molecule has 0 radical (unpaired) electrons. The molecule has 1 saturated heterocycles. The molecule has 206 valence electrons. The van der Waals surface area contributed by atoms with Crippen molar-refractivity contribution in [3.05, 3.63) is 112 Å². The second-order valence-corrected chi connectivity index (χ2v) is 11.0. The second-order valence-electron chi connectivity index (χ2n) is 10.6. The number of carbonyl (C=O) groups excluding carboxylic acids is 1. The maximum absolute atomic E-state index is 13.1. The fourth-order valence-electron chi connectivity index (χ4n) is 5.93. The molecule has 7 heteroatoms. The number of carbonyl (C=O) groups is 1. The molecule has 1 amide bonds. The molecule has 1 fully saturated rings. The zero-order chi connectivity index (χ0) is 28.4. The number of rotatable bonds is 8. The van der Waals surface area contributed by atoms with Gasteiger partial charge in [-0.25, -0.2) is 0 Å². The number of amides is 1. The average Bonchev–Trinajstić information content (AvgIpc) is 3.41. The predicted octanol–water partition coefficient (Wildman–Crippen LogP) is 6.67. The fraction of sp³-hybridized carbons (Fsp3) is 0.303. The van der Waals surface area contributed by atoms with Crippen LogP contribution in [0.2, 0.25) is 0 Å². The third kappa shape index (κ3) is 5.52. The van der Waals surface area contributed by atoms with E-state index in [0.717, 1.165) is 40.4 Å². The van der Waals surface area contributed by atoms with Crippen molar-refractivity contribution in [1.29, 1.82) is 0 Å². The van der Waals surface area contributed by atoms with Crippen LogP contribution in [-0.2, 0) is 11.2 Å². The summed E-state index contributed by atoms with van der Waals surface area (Å²) in [6, 6.07) is 22.6. The Bertz CT molecular complexity index is 1520. The maximum atomic E-state index is 13.1. The summed E-state index contributed by atoms with van der Waals surface area (Å²) in [5.41, 5.74) is 10.0. The highest BCUT2D eigenvalue weighted by Gasteiger charge is 2.41. The van der Waals surface area contributed by atoms with Gasteiger partial charge >= 0.3 is 0 Å². The summed E-state index contributed by atoms with van der Waals surface area (Å²) in [6.45, 7) is 11.2. The molecule has 4 aromatic rings. The van der Waals surface area contributed by atoms with Crippen LogP contribution in [0, 0.1) is 27.7 Å². The highest BCUT2D eigenvalue weighted by Crippen LogP contribution is 2.41. The zero-order valence-electron chi connectivity index (χ0n) is 23.9. The van der Waals surface area contributed by atoms with Crippen molar-refractivity contribution in [2.24, 2.45) is 0 Å². The van der Waals surface area contributed by atoms with Crippen molar-refractivity contribution >= 4 is 28.9 Å². The zero-order valence-corrected chi connectivity index (χ0v) is 24.7. The van der Waals surface area contributed by atoms with Gasteiger partial charge in [0.1, 0.15) is 0 Å². The molecule has 40 heavy (non-hydrogen) atoms. The van der Waals surface area contributed by atoms with Crippen LogP contribution in [0.15, 0.2) is 72.9 Å². The molecule has 0 saturated carbocycles. The van der Waals surface area contributed by atoms with Crippen molar-refractivity contribution < 1.29 is 4.79 Å². The van der Waals surface area contributed by atoms with Crippen molar-refractivity contribution in [1.82, 2.24) is 19.8 Å². The number of nitrogens with zero attached hydrogens (tertiary/aromatic N) is 3. The molecule has 2 aromatic carbocycles. The molecule has 3 heterocycles. The molecular formula is C33H37N5OS. The van der Waals surface area contributed by atoms with Gasteiger partial charge in [-0.05, 0) is 105 Å². The molecule has 1 aliphatic rings. The number of aromatic nitrogens is 2. The Labute approximate surface area is 242 Å². The van der Waals surface area contributed by atoms with Crippen molar-refractivity contribution in [3.8, 4) is 5.69 Å². The van der Waals surface area contributed by atoms with E-state index in [2.05, 4.69) is 84.0 Å². The minimum atomic E-state index is -0.134. The van der Waals surface area contributed by atoms with Gasteiger partial charge in [0.25, 0.3) is 0 Å². The van der Waals surface area contributed by atoms with Gasteiger partial charge in [-0.1, -0.05) is 37.3 Å². The Morgan fingerprint density at radius 2 is 1.73 bits per heavy atom. The third-order valence-electron chi connectivity index (χ3n) is 7.70. The molecular weight excluding hydrogens is 514 g/mol. The van der Waals surface area contributed by atoms with Crippen LogP contribution in [0.25, 0.3) is 5.69 Å². The first-order valence-electron chi connectivity index (χ1n) is 13.9. The van der Waals surface area contributed by atoms with Crippen LogP contribution in [0.5, 0.6) is 0 Å². The van der Waals surface area contributed by atoms with E-state index < -0.39 is 0 Å². The van der Waals surface area contributed by atoms with Gasteiger partial charge in [-0.3, -0.25) is 9.78 Å². The van der Waals surface area contributed by atoms with E-state index in [0.29, 0.717) is 18.1 Å². The summed E-state index contributed by atoms with van der Waals surface area (Å²) < 4.78 is 2.32. The van der Waals surface area contributed by atoms with Crippen LogP contribution in [0.1, 0.15) is 64.8 Å². The van der Waals surface area contributed by atoms with Crippen LogP contribution in [0.3, 0.4) is 0 Å². The monoisotopic (exact) mass is 551 g/mol. The smallest absolute Gasteiger partial charge is 0.226 e. The van der Waals surface area contributed by atoms with E-state index in [1.807, 2.05) is 48.7 Å². The van der Waals surface area contributed by atoms with E-state index in [-0.39, 0.29) is 18.0 Å². The predicted molar refractivity (Wildman–Crippen MR) is 166 cm³/mol. The Morgan fingerprint density at radius 3 is 2.42 bits per heavy atom. The van der Waals surface area contributed by atoms with Crippen molar-refractivity contribution in [2.75, 3.05) is 11.9 Å². The van der Waals surface area contributed by atoms with E-state index in [1.54, 1.807) is 0 Å². The summed E-state index contributed by atoms with van der Waals surface area (Å²) in [7, 11) is 0. The third-order valence-corrected chi connectivity index (χ3v) is 8.06. The lowest BCUT2D eigenvalue weighted by Crippen LogP contribution is -2.33. The first-order valence-corrected chi connectivity index (χ1v) is 14.3. The molecule has 1 aliphatic heterocycles. The minimum absolute atomic E-state index is 0.0237. The second kappa shape index (κ2) is 11.6. The first-order chi connectivity index (χ1) is 19.3. The highest BCUT2D eigenvalue weighted by atomic mass is 32.1.